The molecule has 32 heavy (non-hydrogen) atoms. The number of fused-ring (bicyclic) bond motifs is 1. The second-order valence-corrected chi connectivity index (χ2v) is 8.11. The molecule has 4 aromatic rings. The number of nitrogens with one attached hydrogen (secondary N) is 1. The third kappa shape index (κ3) is 5.33. The predicted molar refractivity (Wildman–Crippen MR) is 123 cm³/mol. The standard InChI is InChI=1S/C24H20FN3O3S/c1-16-6-11-22-26-18(12-24(30)28(22)13-16)15-32-21-5-3-2-4-20(21)27-23(29)14-31-19-9-7-17(25)8-10-19/h2-13H,14-15H2,1H3,(H,27,29). The quantitative estimate of drug-likeness (QED) is 0.422. The van der Waals surface area contributed by atoms with Crippen molar-refractivity contribution in [2.24, 2.45) is 0 Å². The van der Waals surface area contributed by atoms with Gasteiger partial charge in [0.25, 0.3) is 11.5 Å². The second-order valence-electron chi connectivity index (χ2n) is 7.10. The molecular weight excluding hydrogens is 429 g/mol. The minimum Gasteiger partial charge on any atom is -0.484 e. The minimum absolute atomic E-state index is 0.131. The number of carbonyl (C=O) groups is 1. The SMILES string of the molecule is Cc1ccc2nc(CSc3ccccc3NC(=O)COc3ccc(F)cc3)cc(=O)n2c1. The van der Waals surface area contributed by atoms with Crippen molar-refractivity contribution in [1.82, 2.24) is 9.38 Å². The van der Waals surface area contributed by atoms with Crippen molar-refractivity contribution < 1.29 is 13.9 Å². The number of thioether (sulfide) groups is 1. The largest absolute Gasteiger partial charge is 0.484 e. The number of pyridine rings is 1. The summed E-state index contributed by atoms with van der Waals surface area (Å²) in [5.74, 6) is 0.179. The van der Waals surface area contributed by atoms with Gasteiger partial charge in [0.15, 0.2) is 6.61 Å². The minimum atomic E-state index is -0.369. The van der Waals surface area contributed by atoms with E-state index >= 15 is 0 Å². The van der Waals surface area contributed by atoms with Crippen molar-refractivity contribution >= 4 is 29.0 Å². The maximum Gasteiger partial charge on any atom is 0.262 e. The van der Waals surface area contributed by atoms with Crippen LogP contribution in [-0.2, 0) is 10.5 Å². The Labute approximate surface area is 188 Å². The van der Waals surface area contributed by atoms with Crippen molar-refractivity contribution in [3.8, 4) is 5.75 Å². The van der Waals surface area contributed by atoms with E-state index in [-0.39, 0.29) is 23.9 Å². The Morgan fingerprint density at radius 1 is 1.12 bits per heavy atom. The number of hydrogen-bond acceptors (Lipinski definition) is 5. The van der Waals surface area contributed by atoms with Crippen LogP contribution in [0.3, 0.4) is 0 Å². The van der Waals surface area contributed by atoms with Gasteiger partial charge in [-0.15, -0.1) is 11.8 Å². The molecule has 0 bridgehead atoms. The van der Waals surface area contributed by atoms with Crippen LogP contribution in [0.5, 0.6) is 5.75 Å². The van der Waals surface area contributed by atoms with E-state index in [4.69, 9.17) is 4.74 Å². The third-order valence-electron chi connectivity index (χ3n) is 4.58. The first-order chi connectivity index (χ1) is 15.5. The van der Waals surface area contributed by atoms with Gasteiger partial charge in [0.05, 0.1) is 11.4 Å². The van der Waals surface area contributed by atoms with Crippen molar-refractivity contribution in [3.63, 3.8) is 0 Å². The molecule has 0 aliphatic carbocycles. The molecule has 162 valence electrons. The fourth-order valence-electron chi connectivity index (χ4n) is 3.05. The Morgan fingerprint density at radius 2 is 1.91 bits per heavy atom. The number of hydrogen-bond donors (Lipinski definition) is 1. The monoisotopic (exact) mass is 449 g/mol. The lowest BCUT2D eigenvalue weighted by Gasteiger charge is -2.11. The van der Waals surface area contributed by atoms with E-state index in [1.807, 2.05) is 37.3 Å². The zero-order chi connectivity index (χ0) is 22.5. The first kappa shape index (κ1) is 21.6. The molecule has 0 atom stereocenters. The number of aromatic nitrogens is 2. The first-order valence-corrected chi connectivity index (χ1v) is 10.9. The summed E-state index contributed by atoms with van der Waals surface area (Å²) in [4.78, 5) is 30.1. The van der Waals surface area contributed by atoms with E-state index in [0.29, 0.717) is 28.5 Å². The highest BCUT2D eigenvalue weighted by Crippen LogP contribution is 2.29. The van der Waals surface area contributed by atoms with Gasteiger partial charge in [-0.3, -0.25) is 14.0 Å². The molecule has 2 aromatic heterocycles. The van der Waals surface area contributed by atoms with Gasteiger partial charge >= 0.3 is 0 Å². The molecule has 0 saturated carbocycles. The van der Waals surface area contributed by atoms with Gasteiger partial charge in [0.1, 0.15) is 17.2 Å². The number of aryl methyl sites for hydroxylation is 1. The van der Waals surface area contributed by atoms with Crippen LogP contribution in [0.1, 0.15) is 11.3 Å². The first-order valence-electron chi connectivity index (χ1n) is 9.87. The molecule has 2 aromatic carbocycles. The number of rotatable bonds is 7. The maximum absolute atomic E-state index is 13.0. The van der Waals surface area contributed by atoms with Crippen LogP contribution in [-0.4, -0.2) is 21.9 Å². The molecule has 1 amide bonds. The number of ether oxygens (including phenoxy) is 1. The molecule has 1 N–H and O–H groups in total. The van der Waals surface area contributed by atoms with Crippen LogP contribution in [0.2, 0.25) is 0 Å². The predicted octanol–water partition coefficient (Wildman–Crippen LogP) is 4.45. The highest BCUT2D eigenvalue weighted by molar-refractivity contribution is 7.98. The highest BCUT2D eigenvalue weighted by Gasteiger charge is 2.10. The van der Waals surface area contributed by atoms with E-state index < -0.39 is 0 Å². The van der Waals surface area contributed by atoms with Gasteiger partial charge in [-0.1, -0.05) is 18.2 Å². The molecule has 4 rings (SSSR count). The Morgan fingerprint density at radius 3 is 2.72 bits per heavy atom. The van der Waals surface area contributed by atoms with E-state index in [1.54, 1.807) is 12.3 Å². The van der Waals surface area contributed by atoms with Crippen molar-refractivity contribution in [2.75, 3.05) is 11.9 Å². The lowest BCUT2D eigenvalue weighted by molar-refractivity contribution is -0.118. The van der Waals surface area contributed by atoms with E-state index in [1.165, 1.54) is 46.5 Å². The molecule has 0 aliphatic rings. The smallest absolute Gasteiger partial charge is 0.262 e. The lowest BCUT2D eigenvalue weighted by Crippen LogP contribution is -2.20. The van der Waals surface area contributed by atoms with Crippen LogP contribution < -0.4 is 15.6 Å². The van der Waals surface area contributed by atoms with Crippen LogP contribution in [0.15, 0.2) is 82.6 Å². The maximum atomic E-state index is 13.0. The molecule has 0 radical (unpaired) electrons. The van der Waals surface area contributed by atoms with Crippen LogP contribution in [0.25, 0.3) is 5.65 Å². The van der Waals surface area contributed by atoms with Gasteiger partial charge in [0.2, 0.25) is 0 Å². The summed E-state index contributed by atoms with van der Waals surface area (Å²) in [6.45, 7) is 1.72. The average Bonchev–Trinajstić information content (AvgIpc) is 2.79. The van der Waals surface area contributed by atoms with Gasteiger partial charge in [-0.2, -0.15) is 0 Å². The normalized spacial score (nSPS) is 10.8. The number of carbonyl (C=O) groups excluding carboxylic acids is 1. The summed E-state index contributed by atoms with van der Waals surface area (Å²) in [7, 11) is 0. The number of benzene rings is 2. The third-order valence-corrected chi connectivity index (χ3v) is 5.69. The molecule has 2 heterocycles. The van der Waals surface area contributed by atoms with Crippen molar-refractivity contribution in [1.29, 1.82) is 0 Å². The van der Waals surface area contributed by atoms with E-state index in [2.05, 4.69) is 10.3 Å². The van der Waals surface area contributed by atoms with Crippen molar-refractivity contribution in [3.05, 3.63) is 100 Å². The summed E-state index contributed by atoms with van der Waals surface area (Å²) >= 11 is 1.47. The van der Waals surface area contributed by atoms with Gasteiger partial charge in [-0.05, 0) is 55.0 Å². The fraction of sp³-hybridized carbons (Fsp3) is 0.125. The molecular formula is C24H20FN3O3S. The summed E-state index contributed by atoms with van der Waals surface area (Å²) in [5, 5.41) is 2.83. The summed E-state index contributed by atoms with van der Waals surface area (Å²) < 4.78 is 19.9. The number of anilines is 1. The zero-order valence-electron chi connectivity index (χ0n) is 17.2. The van der Waals surface area contributed by atoms with E-state index in [0.717, 1.165) is 10.5 Å². The van der Waals surface area contributed by atoms with Crippen LogP contribution in [0, 0.1) is 12.7 Å². The van der Waals surface area contributed by atoms with Gasteiger partial charge in [0, 0.05) is 22.9 Å². The summed E-state index contributed by atoms with van der Waals surface area (Å²) in [5.41, 5.74) is 2.74. The Balaban J connectivity index is 1.41. The zero-order valence-corrected chi connectivity index (χ0v) is 18.1. The fourth-order valence-corrected chi connectivity index (χ4v) is 3.95. The van der Waals surface area contributed by atoms with Gasteiger partial charge < -0.3 is 10.1 Å². The number of halogens is 1. The average molecular weight is 450 g/mol. The summed E-state index contributed by atoms with van der Waals surface area (Å²) in [6.07, 6.45) is 1.76. The molecule has 0 fully saturated rings. The van der Waals surface area contributed by atoms with Crippen LogP contribution >= 0.6 is 11.8 Å². The topological polar surface area (TPSA) is 72.7 Å². The molecule has 0 unspecified atom stereocenters. The van der Waals surface area contributed by atoms with Crippen LogP contribution in [0.4, 0.5) is 10.1 Å². The molecule has 0 aliphatic heterocycles. The Kier molecular flexibility index (Phi) is 6.51. The number of nitrogens with zero attached hydrogens (tertiary/aromatic N) is 2. The Bertz CT molecular complexity index is 1320. The lowest BCUT2D eigenvalue weighted by atomic mass is 10.3. The van der Waals surface area contributed by atoms with Gasteiger partial charge in [-0.25, -0.2) is 9.37 Å². The Hall–Kier alpha value is -3.65. The van der Waals surface area contributed by atoms with E-state index in [9.17, 15) is 14.0 Å². The molecule has 0 saturated heterocycles. The molecule has 0 spiro atoms. The molecule has 6 nitrogen and oxygen atoms in total. The number of amides is 1. The highest BCUT2D eigenvalue weighted by atomic mass is 32.2. The molecule has 8 heteroatoms. The summed E-state index contributed by atoms with van der Waals surface area (Å²) in [6, 6.07) is 18.1. The number of para-hydroxylation sites is 1. The second kappa shape index (κ2) is 9.65. The van der Waals surface area contributed by atoms with Crippen molar-refractivity contribution in [2.45, 2.75) is 17.6 Å².